The molecule has 1 atom stereocenters. The topological polar surface area (TPSA) is 79.3 Å². The summed E-state index contributed by atoms with van der Waals surface area (Å²) < 4.78 is 0. The molecule has 0 unspecified atom stereocenters. The van der Waals surface area contributed by atoms with E-state index in [1.54, 1.807) is 12.3 Å². The van der Waals surface area contributed by atoms with E-state index < -0.39 is 12.0 Å². The van der Waals surface area contributed by atoms with Gasteiger partial charge in [-0.15, -0.1) is 0 Å². The first kappa shape index (κ1) is 14.2. The highest BCUT2D eigenvalue weighted by atomic mass is 16.4. The number of aryl methyl sites for hydroxylation is 1. The summed E-state index contributed by atoms with van der Waals surface area (Å²) in [7, 11) is 0. The second-order valence-electron chi connectivity index (χ2n) is 4.19. The van der Waals surface area contributed by atoms with E-state index >= 15 is 0 Å². The number of rotatable bonds is 6. The van der Waals surface area contributed by atoms with Crippen LogP contribution in [0, 0.1) is 6.92 Å². The Balaban J connectivity index is 2.61. The van der Waals surface area contributed by atoms with Crippen LogP contribution in [-0.4, -0.2) is 28.0 Å². The Bertz CT molecular complexity index is 432. The van der Waals surface area contributed by atoms with Crippen molar-refractivity contribution in [3.63, 3.8) is 0 Å². The molecule has 0 bridgehead atoms. The fourth-order valence-electron chi connectivity index (χ4n) is 1.65. The monoisotopic (exact) mass is 250 g/mol. The quantitative estimate of drug-likeness (QED) is 0.797. The molecular formula is C13H18N2O3. The van der Waals surface area contributed by atoms with Crippen LogP contribution in [0.1, 0.15) is 31.0 Å². The van der Waals surface area contributed by atoms with Gasteiger partial charge in [-0.25, -0.2) is 4.79 Å². The van der Waals surface area contributed by atoms with E-state index in [1.165, 1.54) is 0 Å². The highest BCUT2D eigenvalue weighted by Gasteiger charge is 2.19. The number of hydrogen-bond donors (Lipinski definition) is 2. The summed E-state index contributed by atoms with van der Waals surface area (Å²) in [5, 5.41) is 11.5. The van der Waals surface area contributed by atoms with Gasteiger partial charge in [-0.05, 0) is 25.0 Å². The van der Waals surface area contributed by atoms with Gasteiger partial charge in [0, 0.05) is 6.20 Å². The lowest BCUT2D eigenvalue weighted by molar-refractivity contribution is -0.141. The van der Waals surface area contributed by atoms with Crippen LogP contribution in [0.3, 0.4) is 0 Å². The van der Waals surface area contributed by atoms with Gasteiger partial charge in [0.25, 0.3) is 0 Å². The molecule has 5 nitrogen and oxygen atoms in total. The van der Waals surface area contributed by atoms with Crippen LogP contribution >= 0.6 is 0 Å². The number of hydrogen-bond acceptors (Lipinski definition) is 3. The largest absolute Gasteiger partial charge is 0.480 e. The Morgan fingerprint density at radius 1 is 1.50 bits per heavy atom. The van der Waals surface area contributed by atoms with E-state index in [0.29, 0.717) is 18.5 Å². The molecule has 0 aromatic carbocycles. The molecule has 0 aliphatic heterocycles. The lowest BCUT2D eigenvalue weighted by atomic mass is 10.1. The number of carbonyl (C=O) groups is 2. The van der Waals surface area contributed by atoms with Gasteiger partial charge in [0.15, 0.2) is 0 Å². The number of carboxylic acids is 1. The van der Waals surface area contributed by atoms with Crippen LogP contribution in [0.5, 0.6) is 0 Å². The summed E-state index contributed by atoms with van der Waals surface area (Å²) in [6.07, 6.45) is 2.87. The molecule has 0 spiro atoms. The SMILES string of the molecule is CCC[C@H](NC(=O)Cc1ncccc1C)C(=O)O. The molecule has 98 valence electrons. The smallest absolute Gasteiger partial charge is 0.326 e. The first-order valence-corrected chi connectivity index (χ1v) is 5.97. The molecule has 1 rings (SSSR count). The van der Waals surface area contributed by atoms with Crippen molar-refractivity contribution in [3.8, 4) is 0 Å². The molecule has 0 aliphatic rings. The van der Waals surface area contributed by atoms with E-state index in [1.807, 2.05) is 19.9 Å². The van der Waals surface area contributed by atoms with Crippen molar-refractivity contribution in [1.82, 2.24) is 10.3 Å². The van der Waals surface area contributed by atoms with Crippen LogP contribution in [0.15, 0.2) is 18.3 Å². The number of pyridine rings is 1. The van der Waals surface area contributed by atoms with E-state index in [9.17, 15) is 9.59 Å². The first-order valence-electron chi connectivity index (χ1n) is 5.97. The fraction of sp³-hybridized carbons (Fsp3) is 0.462. The van der Waals surface area contributed by atoms with Crippen molar-refractivity contribution in [1.29, 1.82) is 0 Å². The predicted molar refractivity (Wildman–Crippen MR) is 67.2 cm³/mol. The summed E-state index contributed by atoms with van der Waals surface area (Å²) >= 11 is 0. The van der Waals surface area contributed by atoms with Gasteiger partial charge in [0.1, 0.15) is 6.04 Å². The number of aliphatic carboxylic acids is 1. The summed E-state index contributed by atoms with van der Waals surface area (Å²) in [6, 6.07) is 2.86. The Morgan fingerprint density at radius 2 is 2.22 bits per heavy atom. The highest BCUT2D eigenvalue weighted by Crippen LogP contribution is 2.04. The van der Waals surface area contributed by atoms with Crippen LogP contribution in [0.25, 0.3) is 0 Å². The van der Waals surface area contributed by atoms with Gasteiger partial charge in [-0.3, -0.25) is 9.78 Å². The third-order valence-electron chi connectivity index (χ3n) is 2.66. The van der Waals surface area contributed by atoms with E-state index in [2.05, 4.69) is 10.3 Å². The van der Waals surface area contributed by atoms with E-state index in [-0.39, 0.29) is 12.3 Å². The average molecular weight is 250 g/mol. The lowest BCUT2D eigenvalue weighted by Gasteiger charge is -2.13. The molecule has 5 heteroatoms. The van der Waals surface area contributed by atoms with E-state index in [4.69, 9.17) is 5.11 Å². The summed E-state index contributed by atoms with van der Waals surface area (Å²) in [6.45, 7) is 3.75. The Morgan fingerprint density at radius 3 is 2.78 bits per heavy atom. The second kappa shape index (κ2) is 6.74. The summed E-state index contributed by atoms with van der Waals surface area (Å²) in [5.74, 6) is -1.31. The second-order valence-corrected chi connectivity index (χ2v) is 4.19. The molecular weight excluding hydrogens is 232 g/mol. The highest BCUT2D eigenvalue weighted by molar-refractivity contribution is 5.84. The van der Waals surface area contributed by atoms with Crippen LogP contribution in [-0.2, 0) is 16.0 Å². The van der Waals surface area contributed by atoms with Gasteiger partial charge < -0.3 is 10.4 Å². The Hall–Kier alpha value is -1.91. The first-order chi connectivity index (χ1) is 8.54. The number of carbonyl (C=O) groups excluding carboxylic acids is 1. The Kier molecular flexibility index (Phi) is 5.30. The van der Waals surface area contributed by atoms with Crippen LogP contribution in [0.4, 0.5) is 0 Å². The van der Waals surface area contributed by atoms with Gasteiger partial charge in [0.05, 0.1) is 12.1 Å². The number of aromatic nitrogens is 1. The zero-order chi connectivity index (χ0) is 13.5. The standard InChI is InChI=1S/C13H18N2O3/c1-3-5-10(13(17)18)15-12(16)8-11-9(2)6-4-7-14-11/h4,6-7,10H,3,5,8H2,1-2H3,(H,15,16)(H,17,18)/t10-/m0/s1. The number of nitrogens with zero attached hydrogens (tertiary/aromatic N) is 1. The minimum absolute atomic E-state index is 0.111. The van der Waals surface area contributed by atoms with Crippen LogP contribution in [0.2, 0.25) is 0 Å². The molecule has 0 saturated heterocycles. The molecule has 0 aliphatic carbocycles. The van der Waals surface area contributed by atoms with Crippen molar-refractivity contribution in [2.45, 2.75) is 39.2 Å². The molecule has 1 amide bonds. The predicted octanol–water partition coefficient (Wildman–Crippen LogP) is 1.30. The molecule has 0 fully saturated rings. The normalized spacial score (nSPS) is 11.9. The molecule has 2 N–H and O–H groups in total. The minimum atomic E-state index is -0.997. The molecule has 1 heterocycles. The molecule has 18 heavy (non-hydrogen) atoms. The van der Waals surface area contributed by atoms with Crippen molar-refractivity contribution in [2.24, 2.45) is 0 Å². The minimum Gasteiger partial charge on any atom is -0.480 e. The maximum absolute atomic E-state index is 11.7. The summed E-state index contributed by atoms with van der Waals surface area (Å²) in [5.41, 5.74) is 1.60. The number of carboxylic acid groups (broad SMARTS) is 1. The zero-order valence-corrected chi connectivity index (χ0v) is 10.6. The number of amides is 1. The molecule has 0 radical (unpaired) electrons. The maximum atomic E-state index is 11.7. The lowest BCUT2D eigenvalue weighted by Crippen LogP contribution is -2.41. The van der Waals surface area contributed by atoms with Crippen molar-refractivity contribution in [3.05, 3.63) is 29.6 Å². The van der Waals surface area contributed by atoms with Gasteiger partial charge >= 0.3 is 5.97 Å². The maximum Gasteiger partial charge on any atom is 0.326 e. The van der Waals surface area contributed by atoms with Crippen molar-refractivity contribution in [2.75, 3.05) is 0 Å². The van der Waals surface area contributed by atoms with Gasteiger partial charge in [-0.1, -0.05) is 19.4 Å². The van der Waals surface area contributed by atoms with Crippen LogP contribution < -0.4 is 5.32 Å². The molecule has 1 aromatic rings. The van der Waals surface area contributed by atoms with Gasteiger partial charge in [0.2, 0.25) is 5.91 Å². The third-order valence-corrected chi connectivity index (χ3v) is 2.66. The number of nitrogens with one attached hydrogen (secondary N) is 1. The fourth-order valence-corrected chi connectivity index (χ4v) is 1.65. The molecule has 1 aromatic heterocycles. The third kappa shape index (κ3) is 4.16. The average Bonchev–Trinajstić information content (AvgIpc) is 2.31. The zero-order valence-electron chi connectivity index (χ0n) is 10.6. The molecule has 0 saturated carbocycles. The Labute approximate surface area is 106 Å². The van der Waals surface area contributed by atoms with Gasteiger partial charge in [-0.2, -0.15) is 0 Å². The van der Waals surface area contributed by atoms with Crippen molar-refractivity contribution < 1.29 is 14.7 Å². The van der Waals surface area contributed by atoms with Crippen molar-refractivity contribution >= 4 is 11.9 Å². The summed E-state index contributed by atoms with van der Waals surface area (Å²) in [4.78, 5) is 26.8. The van der Waals surface area contributed by atoms with E-state index in [0.717, 1.165) is 5.56 Å².